The fourth-order valence-electron chi connectivity index (χ4n) is 1.75. The molecule has 0 saturated heterocycles. The summed E-state index contributed by atoms with van der Waals surface area (Å²) in [5.74, 6) is -6.14. The highest BCUT2D eigenvalue weighted by molar-refractivity contribution is 6.08. The van der Waals surface area contributed by atoms with E-state index in [4.69, 9.17) is 0 Å². The number of nitrogens with one attached hydrogen (secondary N) is 2. The van der Waals surface area contributed by atoms with Crippen LogP contribution in [0.3, 0.4) is 0 Å². The molecule has 0 aliphatic carbocycles. The van der Waals surface area contributed by atoms with E-state index in [0.717, 1.165) is 36.4 Å². The van der Waals surface area contributed by atoms with Gasteiger partial charge in [-0.25, -0.2) is 17.6 Å². The Bertz CT molecular complexity index is 661. The molecule has 8 heteroatoms. The molecule has 0 spiro atoms. The molecule has 0 heterocycles. The van der Waals surface area contributed by atoms with Crippen LogP contribution >= 0.6 is 0 Å². The topological polar surface area (TPSA) is 58.2 Å². The summed E-state index contributed by atoms with van der Waals surface area (Å²) in [5.41, 5.74) is -1.41. The molecule has 2 rings (SSSR count). The second-order valence-electron chi connectivity index (χ2n) is 4.47. The monoisotopic (exact) mass is 326 g/mol. The van der Waals surface area contributed by atoms with E-state index in [2.05, 4.69) is 0 Å². The Morgan fingerprint density at radius 3 is 1.30 bits per heavy atom. The van der Waals surface area contributed by atoms with Crippen LogP contribution in [0.25, 0.3) is 0 Å². The molecule has 2 N–H and O–H groups in total. The van der Waals surface area contributed by atoms with Gasteiger partial charge < -0.3 is 10.6 Å². The first-order chi connectivity index (χ1) is 10.9. The molecule has 0 atom stereocenters. The van der Waals surface area contributed by atoms with Crippen molar-refractivity contribution in [2.45, 2.75) is 6.42 Å². The Balaban J connectivity index is 2.02. The second-order valence-corrected chi connectivity index (χ2v) is 4.47. The van der Waals surface area contributed by atoms with Crippen LogP contribution in [0.5, 0.6) is 0 Å². The average molecular weight is 326 g/mol. The summed E-state index contributed by atoms with van der Waals surface area (Å²) in [5, 5.41) is 3.77. The quantitative estimate of drug-likeness (QED) is 0.669. The van der Waals surface area contributed by atoms with Gasteiger partial charge in [0.15, 0.2) is 0 Å². The lowest BCUT2D eigenvalue weighted by atomic mass is 10.2. The Hall–Kier alpha value is -2.90. The minimum absolute atomic E-state index is 0.706. The molecule has 0 unspecified atom stereocenters. The Morgan fingerprint density at radius 1 is 0.696 bits per heavy atom. The van der Waals surface area contributed by atoms with Gasteiger partial charge in [-0.3, -0.25) is 9.59 Å². The highest BCUT2D eigenvalue weighted by Crippen LogP contribution is 2.19. The summed E-state index contributed by atoms with van der Waals surface area (Å²) in [6, 6.07) is 5.91. The zero-order valence-corrected chi connectivity index (χ0v) is 11.5. The molecule has 0 aromatic heterocycles. The van der Waals surface area contributed by atoms with Crippen molar-refractivity contribution in [3.8, 4) is 0 Å². The lowest BCUT2D eigenvalue weighted by Gasteiger charge is -2.09. The zero-order valence-electron chi connectivity index (χ0n) is 11.5. The Morgan fingerprint density at radius 2 is 1.00 bits per heavy atom. The van der Waals surface area contributed by atoms with E-state index < -0.39 is 52.9 Å². The van der Waals surface area contributed by atoms with Crippen molar-refractivity contribution < 1.29 is 27.2 Å². The summed E-state index contributed by atoms with van der Waals surface area (Å²) in [4.78, 5) is 23.2. The summed E-state index contributed by atoms with van der Waals surface area (Å²) in [6.07, 6.45) is -0.873. The number of hydrogen-bond acceptors (Lipinski definition) is 2. The summed E-state index contributed by atoms with van der Waals surface area (Å²) < 4.78 is 53.4. The normalized spacial score (nSPS) is 10.3. The maximum Gasteiger partial charge on any atom is 0.233 e. The minimum Gasteiger partial charge on any atom is -0.321 e. The van der Waals surface area contributed by atoms with Crippen molar-refractivity contribution in [3.63, 3.8) is 0 Å². The number of para-hydroxylation sites is 2. The van der Waals surface area contributed by atoms with E-state index in [1.165, 1.54) is 0 Å². The summed E-state index contributed by atoms with van der Waals surface area (Å²) in [7, 11) is 0. The third kappa shape index (κ3) is 4.06. The largest absolute Gasteiger partial charge is 0.321 e. The number of carbonyl (C=O) groups is 2. The van der Waals surface area contributed by atoms with Crippen molar-refractivity contribution >= 4 is 23.2 Å². The van der Waals surface area contributed by atoms with Gasteiger partial charge in [-0.15, -0.1) is 0 Å². The first-order valence-electron chi connectivity index (χ1n) is 6.36. The fourth-order valence-corrected chi connectivity index (χ4v) is 1.75. The fraction of sp³-hybridized carbons (Fsp3) is 0.0667. The van der Waals surface area contributed by atoms with E-state index in [9.17, 15) is 27.2 Å². The van der Waals surface area contributed by atoms with Crippen LogP contribution in [0.2, 0.25) is 0 Å². The lowest BCUT2D eigenvalue weighted by Crippen LogP contribution is -2.23. The molecule has 0 radical (unpaired) electrons. The van der Waals surface area contributed by atoms with E-state index in [0.29, 0.717) is 0 Å². The van der Waals surface area contributed by atoms with Crippen LogP contribution in [0.1, 0.15) is 6.42 Å². The number of anilines is 2. The predicted octanol–water partition coefficient (Wildman–Crippen LogP) is 3.21. The van der Waals surface area contributed by atoms with Gasteiger partial charge in [0.2, 0.25) is 11.8 Å². The van der Waals surface area contributed by atoms with Gasteiger partial charge in [0, 0.05) is 0 Å². The van der Waals surface area contributed by atoms with Gasteiger partial charge in [0.25, 0.3) is 0 Å². The van der Waals surface area contributed by atoms with E-state index in [1.54, 1.807) is 0 Å². The van der Waals surface area contributed by atoms with Crippen LogP contribution < -0.4 is 10.6 Å². The molecule has 0 bridgehead atoms. The van der Waals surface area contributed by atoms with Gasteiger partial charge in [0.1, 0.15) is 41.1 Å². The van der Waals surface area contributed by atoms with E-state index in [1.807, 2.05) is 10.6 Å². The highest BCUT2D eigenvalue weighted by Gasteiger charge is 2.17. The van der Waals surface area contributed by atoms with E-state index in [-0.39, 0.29) is 0 Å². The average Bonchev–Trinajstić information content (AvgIpc) is 2.47. The summed E-state index contributed by atoms with van der Waals surface area (Å²) >= 11 is 0. The van der Waals surface area contributed by atoms with Crippen molar-refractivity contribution in [3.05, 3.63) is 59.7 Å². The van der Waals surface area contributed by atoms with Gasteiger partial charge in [-0.1, -0.05) is 12.1 Å². The standard InChI is InChI=1S/C15H10F4N2O2/c16-8-3-1-4-9(17)14(8)20-12(22)7-13(23)21-15-10(18)5-2-6-11(15)19/h1-6H,7H2,(H,20,22)(H,21,23). The number of hydrogen-bond donors (Lipinski definition) is 2. The van der Waals surface area contributed by atoms with Crippen molar-refractivity contribution in [2.75, 3.05) is 10.6 Å². The molecule has 120 valence electrons. The molecule has 23 heavy (non-hydrogen) atoms. The molecule has 2 amide bonds. The second kappa shape index (κ2) is 6.91. The predicted molar refractivity (Wildman–Crippen MR) is 74.6 cm³/mol. The number of carbonyl (C=O) groups excluding carboxylic acids is 2. The van der Waals surface area contributed by atoms with Crippen molar-refractivity contribution in [1.29, 1.82) is 0 Å². The highest BCUT2D eigenvalue weighted by atomic mass is 19.1. The minimum atomic E-state index is -1.04. The van der Waals surface area contributed by atoms with Crippen LogP contribution in [-0.4, -0.2) is 11.8 Å². The van der Waals surface area contributed by atoms with Gasteiger partial charge in [0.05, 0.1) is 0 Å². The number of benzene rings is 2. The molecule has 0 saturated carbocycles. The molecule has 4 nitrogen and oxygen atoms in total. The summed E-state index contributed by atoms with van der Waals surface area (Å²) in [6.45, 7) is 0. The van der Waals surface area contributed by atoms with Crippen LogP contribution in [0, 0.1) is 23.3 Å². The number of halogens is 4. The SMILES string of the molecule is O=C(CC(=O)Nc1c(F)cccc1F)Nc1c(F)cccc1F. The van der Waals surface area contributed by atoms with Crippen LogP contribution in [0.15, 0.2) is 36.4 Å². The Kier molecular flexibility index (Phi) is 4.95. The molecule has 0 aliphatic heterocycles. The smallest absolute Gasteiger partial charge is 0.233 e. The molecule has 0 aliphatic rings. The molecule has 2 aromatic carbocycles. The van der Waals surface area contributed by atoms with Crippen molar-refractivity contribution in [1.82, 2.24) is 0 Å². The number of amides is 2. The molecular weight excluding hydrogens is 316 g/mol. The van der Waals surface area contributed by atoms with Gasteiger partial charge in [-0.05, 0) is 24.3 Å². The maximum atomic E-state index is 13.3. The number of rotatable bonds is 4. The van der Waals surface area contributed by atoms with Gasteiger partial charge >= 0.3 is 0 Å². The first-order valence-corrected chi connectivity index (χ1v) is 6.36. The third-order valence-electron chi connectivity index (χ3n) is 2.78. The van der Waals surface area contributed by atoms with E-state index >= 15 is 0 Å². The van der Waals surface area contributed by atoms with Crippen LogP contribution in [0.4, 0.5) is 28.9 Å². The third-order valence-corrected chi connectivity index (χ3v) is 2.78. The van der Waals surface area contributed by atoms with Crippen LogP contribution in [-0.2, 0) is 9.59 Å². The molecule has 2 aromatic rings. The van der Waals surface area contributed by atoms with Crippen molar-refractivity contribution in [2.24, 2.45) is 0 Å². The molecular formula is C15H10F4N2O2. The lowest BCUT2D eigenvalue weighted by molar-refractivity contribution is -0.123. The zero-order chi connectivity index (χ0) is 17.0. The van der Waals surface area contributed by atoms with Gasteiger partial charge in [-0.2, -0.15) is 0 Å². The Labute approximate surface area is 128 Å². The maximum absolute atomic E-state index is 13.3. The molecule has 0 fully saturated rings. The first kappa shape index (κ1) is 16.5.